The van der Waals surface area contributed by atoms with Gasteiger partial charge in [-0.05, 0) is 27.8 Å². The van der Waals surface area contributed by atoms with Crippen LogP contribution in [0.3, 0.4) is 0 Å². The minimum absolute atomic E-state index is 0.133. The minimum Gasteiger partial charge on any atom is -0.545 e. The summed E-state index contributed by atoms with van der Waals surface area (Å²) in [5, 5.41) is 11.2. The molecule has 4 heteroatoms. The maximum atomic E-state index is 11.2. The van der Waals surface area contributed by atoms with Crippen LogP contribution in [0.1, 0.15) is 10.4 Å². The van der Waals surface area contributed by atoms with Crippen molar-refractivity contribution in [1.29, 1.82) is 0 Å². The number of carbonyl (C=O) groups excluding carboxylic acids is 1. The average Bonchev–Trinajstić information content (AvgIpc) is 3.44. The summed E-state index contributed by atoms with van der Waals surface area (Å²) in [5.41, 5.74) is 9.25. The molecule has 6 rings (SSSR count). The van der Waals surface area contributed by atoms with Gasteiger partial charge in [-0.15, -0.1) is 0 Å². The fourth-order valence-corrected chi connectivity index (χ4v) is 4.60. The number of carboxylic acids is 1. The van der Waals surface area contributed by atoms with E-state index in [0.717, 1.165) is 50.3 Å². The van der Waals surface area contributed by atoms with E-state index in [-0.39, 0.29) is 5.56 Å². The first-order valence-corrected chi connectivity index (χ1v) is 12.4. The van der Waals surface area contributed by atoms with Crippen molar-refractivity contribution in [3.05, 3.63) is 139 Å². The maximum Gasteiger partial charge on any atom is 0.138 e. The van der Waals surface area contributed by atoms with Crippen LogP contribution in [0.25, 0.3) is 56.2 Å². The van der Waals surface area contributed by atoms with Gasteiger partial charge in [-0.2, -0.15) is 0 Å². The smallest absolute Gasteiger partial charge is 0.138 e. The molecule has 0 saturated heterocycles. The molecule has 1 N–H and O–H groups in total. The van der Waals surface area contributed by atoms with Crippen LogP contribution in [-0.2, 0) is 0 Å². The number of rotatable bonds is 6. The molecule has 4 nitrogen and oxygen atoms in total. The second-order valence-corrected chi connectivity index (χ2v) is 9.06. The van der Waals surface area contributed by atoms with E-state index in [1.54, 1.807) is 12.1 Å². The largest absolute Gasteiger partial charge is 0.545 e. The number of carbonyl (C=O) groups is 1. The zero-order chi connectivity index (χ0) is 25.9. The first kappa shape index (κ1) is 23.2. The first-order valence-electron chi connectivity index (χ1n) is 12.4. The van der Waals surface area contributed by atoms with Gasteiger partial charge in [0, 0.05) is 16.7 Å². The van der Waals surface area contributed by atoms with Gasteiger partial charge in [0.25, 0.3) is 0 Å². The topological polar surface area (TPSA) is 68.8 Å². The summed E-state index contributed by atoms with van der Waals surface area (Å²) in [6.45, 7) is 0. The molecule has 0 saturated carbocycles. The zero-order valence-electron chi connectivity index (χ0n) is 20.5. The molecule has 0 aliphatic heterocycles. The predicted molar refractivity (Wildman–Crippen MR) is 150 cm³/mol. The number of hydrogen-bond acceptors (Lipinski definition) is 3. The van der Waals surface area contributed by atoms with Crippen molar-refractivity contribution >= 4 is 5.97 Å². The number of hydrogen-bond donors (Lipinski definition) is 1. The summed E-state index contributed by atoms with van der Waals surface area (Å²) in [6.07, 6.45) is 0. The third-order valence-corrected chi connectivity index (χ3v) is 6.64. The van der Waals surface area contributed by atoms with Crippen molar-refractivity contribution in [3.63, 3.8) is 0 Å². The van der Waals surface area contributed by atoms with Crippen molar-refractivity contribution in [3.8, 4) is 56.2 Å². The van der Waals surface area contributed by atoms with Crippen molar-refractivity contribution in [2.24, 2.45) is 0 Å². The van der Waals surface area contributed by atoms with Crippen LogP contribution >= 0.6 is 0 Å². The van der Waals surface area contributed by atoms with Gasteiger partial charge in [-0.3, -0.25) is 0 Å². The molecule has 0 fully saturated rings. The Kier molecular flexibility index (Phi) is 6.12. The van der Waals surface area contributed by atoms with E-state index in [1.165, 1.54) is 12.1 Å². The van der Waals surface area contributed by atoms with E-state index in [2.05, 4.69) is 77.8 Å². The highest BCUT2D eigenvalue weighted by molar-refractivity contribution is 5.87. The molecule has 6 aromatic rings. The van der Waals surface area contributed by atoms with Crippen LogP contribution in [0.15, 0.2) is 133 Å². The lowest BCUT2D eigenvalue weighted by Crippen LogP contribution is -2.21. The SMILES string of the molecule is O=C([O-])c1ccc(-c2nc(-c3ccc(-c4ccccc4)cc3)c(-c3ccc(-c4ccccc4)cc3)[nH]2)cc1. The number of benzene rings is 5. The van der Waals surface area contributed by atoms with Crippen LogP contribution in [0, 0.1) is 0 Å². The van der Waals surface area contributed by atoms with Gasteiger partial charge in [-0.1, -0.05) is 133 Å². The molecule has 38 heavy (non-hydrogen) atoms. The lowest BCUT2D eigenvalue weighted by atomic mass is 9.99. The second-order valence-electron chi connectivity index (χ2n) is 9.06. The maximum absolute atomic E-state index is 11.2. The Bertz CT molecular complexity index is 1590. The van der Waals surface area contributed by atoms with E-state index >= 15 is 0 Å². The third-order valence-electron chi connectivity index (χ3n) is 6.64. The number of aromatic nitrogens is 2. The first-order chi connectivity index (χ1) is 18.7. The van der Waals surface area contributed by atoms with Crippen LogP contribution < -0.4 is 5.11 Å². The van der Waals surface area contributed by atoms with Gasteiger partial charge >= 0.3 is 0 Å². The molecule has 0 unspecified atom stereocenters. The zero-order valence-corrected chi connectivity index (χ0v) is 20.5. The minimum atomic E-state index is -1.20. The molecule has 0 amide bonds. The molecule has 0 aliphatic rings. The quantitative estimate of drug-likeness (QED) is 0.270. The standard InChI is InChI=1S/C34H24N2O2/c37-34(38)30-21-19-29(20-22-30)33-35-31(27-15-11-25(12-16-27)23-7-3-1-4-8-23)32(36-33)28-17-13-26(14-18-28)24-9-5-2-6-10-24/h1-22H,(H,35,36)(H,37,38)/p-1. The summed E-state index contributed by atoms with van der Waals surface area (Å²) < 4.78 is 0. The van der Waals surface area contributed by atoms with Crippen LogP contribution in [-0.4, -0.2) is 15.9 Å². The number of imidazole rings is 1. The fourth-order valence-electron chi connectivity index (χ4n) is 4.60. The molecular formula is C34H23N2O2-. The van der Waals surface area contributed by atoms with E-state index in [1.807, 2.05) is 36.4 Å². The van der Waals surface area contributed by atoms with E-state index in [4.69, 9.17) is 4.98 Å². The van der Waals surface area contributed by atoms with Crippen molar-refractivity contribution < 1.29 is 9.90 Å². The van der Waals surface area contributed by atoms with Gasteiger partial charge in [0.15, 0.2) is 0 Å². The van der Waals surface area contributed by atoms with Crippen molar-refractivity contribution in [2.45, 2.75) is 0 Å². The lowest BCUT2D eigenvalue weighted by Gasteiger charge is -2.07. The van der Waals surface area contributed by atoms with Crippen LogP contribution in [0.5, 0.6) is 0 Å². The van der Waals surface area contributed by atoms with Gasteiger partial charge < -0.3 is 14.9 Å². The highest BCUT2D eigenvalue weighted by Crippen LogP contribution is 2.35. The summed E-state index contributed by atoms with van der Waals surface area (Å²) in [5.74, 6) is -0.534. The summed E-state index contributed by atoms with van der Waals surface area (Å²) in [7, 11) is 0. The van der Waals surface area contributed by atoms with Crippen molar-refractivity contribution in [2.75, 3.05) is 0 Å². The number of carboxylic acid groups (broad SMARTS) is 1. The molecule has 0 aliphatic carbocycles. The number of aromatic amines is 1. The molecular weight excluding hydrogens is 468 g/mol. The third kappa shape index (κ3) is 4.63. The highest BCUT2D eigenvalue weighted by atomic mass is 16.4. The molecule has 0 radical (unpaired) electrons. The van der Waals surface area contributed by atoms with Gasteiger partial charge in [-0.25, -0.2) is 4.98 Å². The summed E-state index contributed by atoms with van der Waals surface area (Å²) in [4.78, 5) is 19.7. The molecule has 1 heterocycles. The number of H-pyrrole nitrogens is 1. The van der Waals surface area contributed by atoms with Gasteiger partial charge in [0.05, 0.1) is 17.4 Å². The van der Waals surface area contributed by atoms with E-state index < -0.39 is 5.97 Å². The second kappa shape index (κ2) is 10.0. The Balaban J connectivity index is 1.42. The number of nitrogens with one attached hydrogen (secondary N) is 1. The summed E-state index contributed by atoms with van der Waals surface area (Å²) in [6, 6.07) is 43.9. The van der Waals surface area contributed by atoms with E-state index in [9.17, 15) is 9.90 Å². The Morgan fingerprint density at radius 2 is 0.921 bits per heavy atom. The monoisotopic (exact) mass is 491 g/mol. The normalized spacial score (nSPS) is 10.8. The van der Waals surface area contributed by atoms with Crippen molar-refractivity contribution in [1.82, 2.24) is 9.97 Å². The molecule has 1 aromatic heterocycles. The summed E-state index contributed by atoms with van der Waals surface area (Å²) >= 11 is 0. The number of nitrogens with zero attached hydrogens (tertiary/aromatic N) is 1. The van der Waals surface area contributed by atoms with Gasteiger partial charge in [0.2, 0.25) is 0 Å². The van der Waals surface area contributed by atoms with E-state index in [0.29, 0.717) is 5.82 Å². The Hall–Kier alpha value is -5.22. The Morgan fingerprint density at radius 1 is 0.500 bits per heavy atom. The molecule has 0 bridgehead atoms. The molecule has 0 atom stereocenters. The average molecular weight is 492 g/mol. The van der Waals surface area contributed by atoms with Crippen LogP contribution in [0.2, 0.25) is 0 Å². The van der Waals surface area contributed by atoms with Crippen LogP contribution in [0.4, 0.5) is 0 Å². The predicted octanol–water partition coefficient (Wildman–Crippen LogP) is 7.11. The Morgan fingerprint density at radius 3 is 1.42 bits per heavy atom. The fraction of sp³-hybridized carbons (Fsp3) is 0. The molecule has 182 valence electrons. The molecule has 5 aromatic carbocycles. The lowest BCUT2D eigenvalue weighted by molar-refractivity contribution is -0.255. The van der Waals surface area contributed by atoms with Gasteiger partial charge in [0.1, 0.15) is 5.82 Å². The Labute approximate surface area is 220 Å². The molecule has 0 spiro atoms. The number of aromatic carboxylic acids is 1. The highest BCUT2D eigenvalue weighted by Gasteiger charge is 2.16.